The van der Waals surface area contributed by atoms with Crippen LogP contribution in [0.1, 0.15) is 71.6 Å². The Kier molecular flexibility index (Phi) is 9.62. The molecule has 0 fully saturated rings. The van der Waals surface area contributed by atoms with Crippen LogP contribution in [0.3, 0.4) is 0 Å². The number of allylic oxidation sites excluding steroid dienone is 3. The van der Waals surface area contributed by atoms with Crippen molar-refractivity contribution in [2.45, 2.75) is 71.6 Å². The SMILES string of the molecule is COC1=C(C)C(=O)C(CCCCCCCCCCO[N+](=O)[O-])=C(C)C1=O. The lowest BCUT2D eigenvalue weighted by Gasteiger charge is -2.19. The highest BCUT2D eigenvalue weighted by Crippen LogP contribution is 2.28. The molecule has 0 aromatic heterocycles. The maximum Gasteiger partial charge on any atom is 0.294 e. The molecule has 0 heterocycles. The first-order valence-corrected chi connectivity index (χ1v) is 9.21. The molecular formula is C19H29NO6. The summed E-state index contributed by atoms with van der Waals surface area (Å²) in [4.78, 5) is 38.8. The molecule has 0 spiro atoms. The van der Waals surface area contributed by atoms with E-state index in [1.165, 1.54) is 7.11 Å². The summed E-state index contributed by atoms with van der Waals surface area (Å²) in [6.45, 7) is 3.51. The molecule has 0 aromatic rings. The Balaban J connectivity index is 2.18. The molecule has 1 aliphatic rings. The minimum Gasteiger partial charge on any atom is -0.492 e. The minimum atomic E-state index is -0.755. The Morgan fingerprint density at radius 3 is 1.92 bits per heavy atom. The van der Waals surface area contributed by atoms with Crippen molar-refractivity contribution in [2.75, 3.05) is 13.7 Å². The predicted octanol–water partition coefficient (Wildman–Crippen LogP) is 4.09. The van der Waals surface area contributed by atoms with Gasteiger partial charge in [-0.2, -0.15) is 0 Å². The van der Waals surface area contributed by atoms with E-state index in [1.807, 2.05) is 0 Å². The number of hydrogen-bond acceptors (Lipinski definition) is 6. The normalized spacial score (nSPS) is 14.9. The van der Waals surface area contributed by atoms with Crippen LogP contribution in [0.25, 0.3) is 0 Å². The molecule has 0 atom stereocenters. The lowest BCUT2D eigenvalue weighted by molar-refractivity contribution is -0.757. The van der Waals surface area contributed by atoms with Crippen molar-refractivity contribution in [3.63, 3.8) is 0 Å². The summed E-state index contributed by atoms with van der Waals surface area (Å²) in [6, 6.07) is 0. The van der Waals surface area contributed by atoms with Gasteiger partial charge in [0.2, 0.25) is 5.78 Å². The molecule has 0 bridgehead atoms. The third-order valence-electron chi connectivity index (χ3n) is 4.68. The zero-order valence-corrected chi connectivity index (χ0v) is 16.0. The third kappa shape index (κ3) is 6.61. The van der Waals surface area contributed by atoms with Gasteiger partial charge in [0.25, 0.3) is 5.09 Å². The van der Waals surface area contributed by atoms with Gasteiger partial charge in [-0.3, -0.25) is 9.59 Å². The lowest BCUT2D eigenvalue weighted by Crippen LogP contribution is -2.22. The Hall–Kier alpha value is -2.18. The summed E-state index contributed by atoms with van der Waals surface area (Å²) < 4.78 is 5.06. The summed E-state index contributed by atoms with van der Waals surface area (Å²) in [5.74, 6) is -0.0867. The Bertz CT molecular complexity index is 591. The highest BCUT2D eigenvalue weighted by atomic mass is 16.9. The maximum absolute atomic E-state index is 12.4. The Morgan fingerprint density at radius 1 is 0.846 bits per heavy atom. The van der Waals surface area contributed by atoms with Gasteiger partial charge in [0.1, 0.15) is 0 Å². The van der Waals surface area contributed by atoms with Crippen LogP contribution in [0.15, 0.2) is 22.5 Å². The molecule has 0 N–H and O–H groups in total. The van der Waals surface area contributed by atoms with Crippen molar-refractivity contribution in [1.29, 1.82) is 0 Å². The van der Waals surface area contributed by atoms with Gasteiger partial charge in [0.15, 0.2) is 11.5 Å². The topological polar surface area (TPSA) is 95.7 Å². The van der Waals surface area contributed by atoms with Gasteiger partial charge in [-0.1, -0.05) is 38.5 Å². The first-order chi connectivity index (χ1) is 12.4. The summed E-state index contributed by atoms with van der Waals surface area (Å²) in [6.07, 6.45) is 8.50. The van der Waals surface area contributed by atoms with Crippen LogP contribution in [0.4, 0.5) is 0 Å². The molecule has 7 heteroatoms. The molecule has 0 saturated carbocycles. The van der Waals surface area contributed by atoms with Gasteiger partial charge in [0.05, 0.1) is 13.7 Å². The smallest absolute Gasteiger partial charge is 0.294 e. The van der Waals surface area contributed by atoms with E-state index in [4.69, 9.17) is 4.74 Å². The summed E-state index contributed by atoms with van der Waals surface area (Å²) in [5.41, 5.74) is 1.53. The fourth-order valence-electron chi connectivity index (χ4n) is 3.13. The van der Waals surface area contributed by atoms with Gasteiger partial charge in [-0.15, -0.1) is 10.1 Å². The third-order valence-corrected chi connectivity index (χ3v) is 4.68. The standard InChI is InChI=1S/C19H29NO6/c1-14-16(17(21)15(2)19(25-3)18(14)22)12-10-8-6-4-5-7-9-11-13-26-20(23)24/h4-13H2,1-3H3. The number of ketones is 2. The molecule has 146 valence electrons. The molecule has 1 aliphatic carbocycles. The van der Waals surface area contributed by atoms with Gasteiger partial charge in [-0.05, 0) is 33.1 Å². The van der Waals surface area contributed by atoms with Crippen molar-refractivity contribution in [3.05, 3.63) is 32.6 Å². The maximum atomic E-state index is 12.4. The van der Waals surface area contributed by atoms with Crippen molar-refractivity contribution in [3.8, 4) is 0 Å². The van der Waals surface area contributed by atoms with Gasteiger partial charge < -0.3 is 9.57 Å². The van der Waals surface area contributed by atoms with Gasteiger partial charge >= 0.3 is 0 Å². The summed E-state index contributed by atoms with van der Waals surface area (Å²) in [7, 11) is 1.41. The zero-order chi connectivity index (χ0) is 19.5. The molecule has 26 heavy (non-hydrogen) atoms. The lowest BCUT2D eigenvalue weighted by atomic mass is 9.86. The number of rotatable bonds is 13. The van der Waals surface area contributed by atoms with E-state index in [9.17, 15) is 19.7 Å². The number of hydrogen-bond donors (Lipinski definition) is 0. The fourth-order valence-corrected chi connectivity index (χ4v) is 3.13. The molecule has 0 radical (unpaired) electrons. The van der Waals surface area contributed by atoms with E-state index in [0.717, 1.165) is 44.9 Å². The molecule has 0 amide bonds. The van der Waals surface area contributed by atoms with Crippen molar-refractivity contribution in [1.82, 2.24) is 0 Å². The van der Waals surface area contributed by atoms with Crippen LogP contribution >= 0.6 is 0 Å². The number of carbonyl (C=O) groups is 2. The Labute approximate surface area is 154 Å². The highest BCUT2D eigenvalue weighted by molar-refractivity contribution is 6.23. The first-order valence-electron chi connectivity index (χ1n) is 9.21. The van der Waals surface area contributed by atoms with Crippen molar-refractivity contribution >= 4 is 11.6 Å². The van der Waals surface area contributed by atoms with Crippen LogP contribution in [0.5, 0.6) is 0 Å². The monoisotopic (exact) mass is 367 g/mol. The Morgan fingerprint density at radius 2 is 1.38 bits per heavy atom. The van der Waals surface area contributed by atoms with Crippen LogP contribution in [0, 0.1) is 10.1 Å². The summed E-state index contributed by atoms with van der Waals surface area (Å²) >= 11 is 0. The number of Topliss-reactive ketones (excluding diaryl/α,β-unsaturated/α-hetero) is 2. The van der Waals surface area contributed by atoms with E-state index in [0.29, 0.717) is 29.6 Å². The zero-order valence-electron chi connectivity index (χ0n) is 16.0. The van der Waals surface area contributed by atoms with Crippen LogP contribution in [0.2, 0.25) is 0 Å². The molecule has 0 saturated heterocycles. The molecule has 7 nitrogen and oxygen atoms in total. The first kappa shape index (κ1) is 21.9. The van der Waals surface area contributed by atoms with Crippen LogP contribution in [-0.2, 0) is 19.2 Å². The van der Waals surface area contributed by atoms with E-state index in [2.05, 4.69) is 4.84 Å². The van der Waals surface area contributed by atoms with Gasteiger partial charge in [0, 0.05) is 16.7 Å². The van der Waals surface area contributed by atoms with Crippen LogP contribution < -0.4 is 0 Å². The van der Waals surface area contributed by atoms with E-state index < -0.39 is 5.09 Å². The molecule has 0 aliphatic heterocycles. The number of methoxy groups -OCH3 is 1. The second-order valence-corrected chi connectivity index (χ2v) is 6.56. The second-order valence-electron chi connectivity index (χ2n) is 6.56. The minimum absolute atomic E-state index is 0.0732. The number of carbonyl (C=O) groups excluding carboxylic acids is 2. The van der Waals surface area contributed by atoms with E-state index in [-0.39, 0.29) is 23.9 Å². The molecular weight excluding hydrogens is 338 g/mol. The van der Waals surface area contributed by atoms with E-state index in [1.54, 1.807) is 13.8 Å². The molecule has 1 rings (SSSR count). The van der Waals surface area contributed by atoms with E-state index >= 15 is 0 Å². The molecule has 0 unspecified atom stereocenters. The van der Waals surface area contributed by atoms with Gasteiger partial charge in [-0.25, -0.2) is 0 Å². The average molecular weight is 367 g/mol. The number of unbranched alkanes of at least 4 members (excludes halogenated alkanes) is 7. The average Bonchev–Trinajstić information content (AvgIpc) is 2.60. The largest absolute Gasteiger partial charge is 0.492 e. The highest BCUT2D eigenvalue weighted by Gasteiger charge is 2.30. The summed E-state index contributed by atoms with van der Waals surface area (Å²) in [5, 5.41) is 9.23. The predicted molar refractivity (Wildman–Crippen MR) is 96.9 cm³/mol. The van der Waals surface area contributed by atoms with Crippen molar-refractivity contribution in [2.24, 2.45) is 0 Å². The number of nitrogens with zero attached hydrogens (tertiary/aromatic N) is 1. The second kappa shape index (κ2) is 11.4. The van der Waals surface area contributed by atoms with Crippen molar-refractivity contribution < 1.29 is 24.3 Å². The molecule has 0 aromatic carbocycles. The quantitative estimate of drug-likeness (QED) is 0.210. The number of ether oxygens (including phenoxy) is 1. The fraction of sp³-hybridized carbons (Fsp3) is 0.684. The van der Waals surface area contributed by atoms with Crippen LogP contribution in [-0.4, -0.2) is 30.4 Å².